The zero-order chi connectivity index (χ0) is 20.8. The maximum absolute atomic E-state index is 12.0. The Morgan fingerprint density at radius 2 is 1.93 bits per heavy atom. The van der Waals surface area contributed by atoms with Crippen molar-refractivity contribution in [3.63, 3.8) is 0 Å². The molecule has 0 aromatic carbocycles. The summed E-state index contributed by atoms with van der Waals surface area (Å²) in [5.41, 5.74) is -1.26. The molecule has 0 unspecified atom stereocenters. The second-order valence-corrected chi connectivity index (χ2v) is 7.93. The molecule has 160 valence electrons. The molecule has 10 nitrogen and oxygen atoms in total. The Bertz CT molecular complexity index is 623. The Morgan fingerprint density at radius 1 is 1.25 bits per heavy atom. The summed E-state index contributed by atoms with van der Waals surface area (Å²) in [5, 5.41) is 50.3. The molecule has 10 atom stereocenters. The molecule has 2 aliphatic heterocycles. The molecule has 5 N–H and O–H groups in total. The lowest BCUT2D eigenvalue weighted by Crippen LogP contribution is -2.65. The van der Waals surface area contributed by atoms with Crippen LogP contribution >= 0.6 is 0 Å². The first-order chi connectivity index (χ1) is 13.1. The summed E-state index contributed by atoms with van der Waals surface area (Å²) >= 11 is 0. The smallest absolute Gasteiger partial charge is 0.337 e. The Hall–Kier alpha value is -1.27. The van der Waals surface area contributed by atoms with Gasteiger partial charge in [-0.15, -0.1) is 0 Å². The number of hydrogen-bond acceptors (Lipinski definition) is 10. The van der Waals surface area contributed by atoms with Gasteiger partial charge in [-0.05, 0) is 19.3 Å². The van der Waals surface area contributed by atoms with Crippen LogP contribution in [0.25, 0.3) is 0 Å². The van der Waals surface area contributed by atoms with E-state index in [0.29, 0.717) is 6.42 Å². The summed E-state index contributed by atoms with van der Waals surface area (Å²) < 4.78 is 21.7. The molecule has 0 bridgehead atoms. The van der Waals surface area contributed by atoms with Gasteiger partial charge in [-0.25, -0.2) is 4.79 Å². The van der Waals surface area contributed by atoms with Crippen LogP contribution in [-0.4, -0.2) is 87.8 Å². The molecule has 0 radical (unpaired) electrons. The molecule has 1 saturated carbocycles. The fourth-order valence-electron chi connectivity index (χ4n) is 4.27. The Morgan fingerprint density at radius 3 is 2.54 bits per heavy atom. The normalized spacial score (nSPS) is 48.4. The molecule has 2 fully saturated rings. The van der Waals surface area contributed by atoms with E-state index in [0.717, 1.165) is 0 Å². The minimum atomic E-state index is -1.61. The third kappa shape index (κ3) is 3.43. The van der Waals surface area contributed by atoms with E-state index >= 15 is 0 Å². The summed E-state index contributed by atoms with van der Waals surface area (Å²) in [7, 11) is 1.25. The molecule has 2 heterocycles. The Kier molecular flexibility index (Phi) is 6.02. The van der Waals surface area contributed by atoms with E-state index in [1.807, 2.05) is 0 Å². The molecule has 0 aromatic rings. The second-order valence-electron chi connectivity index (χ2n) is 7.93. The number of aliphatic hydroxyl groups is 5. The number of carbonyl (C=O) groups is 1. The van der Waals surface area contributed by atoms with E-state index in [-0.39, 0.29) is 17.4 Å². The van der Waals surface area contributed by atoms with Gasteiger partial charge in [0.2, 0.25) is 6.29 Å². The van der Waals surface area contributed by atoms with Gasteiger partial charge < -0.3 is 44.5 Å². The lowest BCUT2D eigenvalue weighted by atomic mass is 9.83. The summed E-state index contributed by atoms with van der Waals surface area (Å²) in [4.78, 5) is 12.0. The highest BCUT2D eigenvalue weighted by Crippen LogP contribution is 2.47. The molecular weight excluding hydrogens is 376 g/mol. The van der Waals surface area contributed by atoms with Crippen molar-refractivity contribution in [1.82, 2.24) is 0 Å². The third-order valence-electron chi connectivity index (χ3n) is 6.18. The number of ether oxygens (including phenoxy) is 4. The van der Waals surface area contributed by atoms with Crippen LogP contribution in [0.2, 0.25) is 0 Å². The van der Waals surface area contributed by atoms with Gasteiger partial charge >= 0.3 is 5.97 Å². The van der Waals surface area contributed by atoms with Crippen LogP contribution in [0.1, 0.15) is 20.3 Å². The highest BCUT2D eigenvalue weighted by atomic mass is 16.8. The molecule has 10 heteroatoms. The van der Waals surface area contributed by atoms with Crippen molar-refractivity contribution in [3.8, 4) is 0 Å². The van der Waals surface area contributed by atoms with Crippen molar-refractivity contribution in [2.45, 2.75) is 62.9 Å². The predicted octanol–water partition coefficient (Wildman–Crippen LogP) is -1.76. The number of hydrogen-bond donors (Lipinski definition) is 5. The molecule has 3 rings (SSSR count). The van der Waals surface area contributed by atoms with Gasteiger partial charge in [0.25, 0.3) is 0 Å². The standard InChI is InChI=1S/C18H28O10/c1-7-10(20)4-8-9(15(24)25-3)5-26-16(11(7)8)27-17-13(22)12(21)14(23)18(2,6-19)28-17/h5,7-8,10-14,16-17,19-23H,4,6H2,1-3H3/t7-,8-,10-,11+,12-,13+,14+,16-,17+,18+/m0/s1. The van der Waals surface area contributed by atoms with Crippen LogP contribution in [0.15, 0.2) is 11.8 Å². The van der Waals surface area contributed by atoms with Crippen molar-refractivity contribution < 1.29 is 49.3 Å². The number of rotatable bonds is 4. The summed E-state index contributed by atoms with van der Waals surface area (Å²) in [6.07, 6.45) is -6.27. The van der Waals surface area contributed by atoms with Crippen LogP contribution < -0.4 is 0 Å². The number of methoxy groups -OCH3 is 1. The Labute approximate surface area is 162 Å². The van der Waals surface area contributed by atoms with Gasteiger partial charge in [-0.1, -0.05) is 6.92 Å². The molecule has 1 aliphatic carbocycles. The molecule has 0 spiro atoms. The summed E-state index contributed by atoms with van der Waals surface area (Å²) in [5.74, 6) is -1.66. The monoisotopic (exact) mass is 404 g/mol. The second kappa shape index (κ2) is 7.86. The van der Waals surface area contributed by atoms with Gasteiger partial charge in [-0.2, -0.15) is 0 Å². The molecule has 3 aliphatic rings. The van der Waals surface area contributed by atoms with Crippen molar-refractivity contribution in [1.29, 1.82) is 0 Å². The minimum Gasteiger partial charge on any atom is -0.472 e. The molecule has 1 saturated heterocycles. The van der Waals surface area contributed by atoms with E-state index in [1.54, 1.807) is 6.92 Å². The molecule has 0 amide bonds. The molecule has 28 heavy (non-hydrogen) atoms. The van der Waals surface area contributed by atoms with Gasteiger partial charge in [0.1, 0.15) is 23.9 Å². The number of carbonyl (C=O) groups excluding carboxylic acids is 1. The van der Waals surface area contributed by atoms with Crippen molar-refractivity contribution in [2.75, 3.05) is 13.7 Å². The van der Waals surface area contributed by atoms with E-state index in [1.165, 1.54) is 20.3 Å². The zero-order valence-corrected chi connectivity index (χ0v) is 16.0. The third-order valence-corrected chi connectivity index (χ3v) is 6.18. The first kappa shape index (κ1) is 21.4. The van der Waals surface area contributed by atoms with Gasteiger partial charge in [0, 0.05) is 11.8 Å². The van der Waals surface area contributed by atoms with Crippen LogP contribution in [0, 0.1) is 17.8 Å². The summed E-state index contributed by atoms with van der Waals surface area (Å²) in [6.45, 7) is 2.56. The number of esters is 1. The van der Waals surface area contributed by atoms with Crippen LogP contribution in [-0.2, 0) is 23.7 Å². The number of fused-ring (bicyclic) bond motifs is 1. The predicted molar refractivity (Wildman–Crippen MR) is 91.2 cm³/mol. The lowest BCUT2D eigenvalue weighted by Gasteiger charge is -2.47. The average Bonchev–Trinajstić information content (AvgIpc) is 2.99. The van der Waals surface area contributed by atoms with E-state index in [9.17, 15) is 30.3 Å². The topological polar surface area (TPSA) is 155 Å². The van der Waals surface area contributed by atoms with Crippen LogP contribution in [0.5, 0.6) is 0 Å². The van der Waals surface area contributed by atoms with Gasteiger partial charge in [0.05, 0.1) is 31.7 Å². The van der Waals surface area contributed by atoms with Gasteiger partial charge in [0.15, 0.2) is 6.29 Å². The van der Waals surface area contributed by atoms with Crippen LogP contribution in [0.3, 0.4) is 0 Å². The maximum Gasteiger partial charge on any atom is 0.337 e. The minimum absolute atomic E-state index is 0.288. The molecular formula is C18H28O10. The van der Waals surface area contributed by atoms with Crippen molar-refractivity contribution in [2.24, 2.45) is 17.8 Å². The quantitative estimate of drug-likeness (QED) is 0.340. The summed E-state index contributed by atoms with van der Waals surface area (Å²) in [6, 6.07) is 0. The fourth-order valence-corrected chi connectivity index (χ4v) is 4.27. The Balaban J connectivity index is 1.83. The fraction of sp³-hybridized carbons (Fsp3) is 0.833. The first-order valence-corrected chi connectivity index (χ1v) is 9.24. The molecule has 0 aromatic heterocycles. The van der Waals surface area contributed by atoms with Gasteiger partial charge in [-0.3, -0.25) is 0 Å². The van der Waals surface area contributed by atoms with Crippen LogP contribution in [0.4, 0.5) is 0 Å². The van der Waals surface area contributed by atoms with E-state index in [2.05, 4.69) is 0 Å². The maximum atomic E-state index is 12.0. The largest absolute Gasteiger partial charge is 0.472 e. The SMILES string of the molecule is COC(=O)C1=CO[C@@H](O[C@@H]2O[C@](C)(CO)[C@H](O)[C@@H](O)[C@H]2O)[C@@H]2[C@@H](C)[C@@H](O)C[C@@H]12. The van der Waals surface area contributed by atoms with E-state index < -0.39 is 61.1 Å². The van der Waals surface area contributed by atoms with Crippen molar-refractivity contribution >= 4 is 5.97 Å². The van der Waals surface area contributed by atoms with E-state index in [4.69, 9.17) is 18.9 Å². The lowest BCUT2D eigenvalue weighted by molar-refractivity contribution is -0.366. The highest BCUT2D eigenvalue weighted by molar-refractivity contribution is 5.89. The number of aliphatic hydroxyl groups excluding tert-OH is 5. The van der Waals surface area contributed by atoms with Crippen molar-refractivity contribution in [3.05, 3.63) is 11.8 Å². The zero-order valence-electron chi connectivity index (χ0n) is 16.0. The highest BCUT2D eigenvalue weighted by Gasteiger charge is 2.55. The average molecular weight is 404 g/mol. The first-order valence-electron chi connectivity index (χ1n) is 9.24.